The molecule has 4 fully saturated rings. The summed E-state index contributed by atoms with van der Waals surface area (Å²) in [4.78, 5) is 0. The number of hydrogen-bond donors (Lipinski definition) is 0. The highest BCUT2D eigenvalue weighted by Crippen LogP contribution is 2.60. The summed E-state index contributed by atoms with van der Waals surface area (Å²) >= 11 is 0. The van der Waals surface area contributed by atoms with Gasteiger partial charge in [0.15, 0.2) is 0 Å². The molecule has 0 heterocycles. The van der Waals surface area contributed by atoms with E-state index in [0.29, 0.717) is 11.0 Å². The molecule has 2 heteroatoms. The number of unbranched alkanes of at least 4 members (excludes halogenated alkanes) is 4. The monoisotopic (exact) mass is 486 g/mol. The maximum Gasteiger partial charge on any atom is 0.101 e. The highest BCUT2D eigenvalue weighted by molar-refractivity contribution is 5.57. The lowest BCUT2D eigenvalue weighted by Gasteiger charge is -2.54. The van der Waals surface area contributed by atoms with E-state index >= 15 is 0 Å². The molecule has 1 aromatic rings. The number of nitriles is 2. The first-order valence-corrected chi connectivity index (χ1v) is 15.6. The van der Waals surface area contributed by atoms with Crippen LogP contribution in [0.15, 0.2) is 12.1 Å². The summed E-state index contributed by atoms with van der Waals surface area (Å²) in [5.74, 6) is 1.74. The maximum absolute atomic E-state index is 10.2. The largest absolute Gasteiger partial charge is 0.192 e. The van der Waals surface area contributed by atoms with Crippen molar-refractivity contribution in [2.24, 2.45) is 17.3 Å². The van der Waals surface area contributed by atoms with Gasteiger partial charge in [0.05, 0.1) is 11.1 Å². The second kappa shape index (κ2) is 12.6. The highest BCUT2D eigenvalue weighted by Gasteiger charge is 2.49. The highest BCUT2D eigenvalue weighted by atomic mass is 14.5. The lowest BCUT2D eigenvalue weighted by Crippen LogP contribution is -2.44. The Morgan fingerprint density at radius 3 is 1.89 bits per heavy atom. The molecule has 196 valence electrons. The summed E-state index contributed by atoms with van der Waals surface area (Å²) in [6.07, 6.45) is 26.1. The molecule has 0 atom stereocenters. The normalized spacial score (nSPS) is 29.6. The van der Waals surface area contributed by atoms with Gasteiger partial charge >= 0.3 is 0 Å². The number of benzene rings is 1. The zero-order chi connectivity index (χ0) is 25.4. The predicted molar refractivity (Wildman–Crippen MR) is 150 cm³/mol. The molecule has 4 saturated carbocycles. The molecule has 4 aliphatic carbocycles. The lowest BCUT2D eigenvalue weighted by atomic mass is 9.50. The first kappa shape index (κ1) is 27.2. The molecular weight excluding hydrogens is 436 g/mol. The fraction of sp³-hybridized carbons (Fsp3) is 0.765. The van der Waals surface area contributed by atoms with Crippen LogP contribution in [0.25, 0.3) is 0 Å². The Hall–Kier alpha value is -1.80. The summed E-state index contributed by atoms with van der Waals surface area (Å²) < 4.78 is 0. The Kier molecular flexibility index (Phi) is 9.56. The Labute approximate surface area is 221 Å². The summed E-state index contributed by atoms with van der Waals surface area (Å²) in [5, 5.41) is 20.4. The number of aryl methyl sites for hydroxylation is 1. The summed E-state index contributed by atoms with van der Waals surface area (Å²) in [5.41, 5.74) is 4.45. The predicted octanol–water partition coefficient (Wildman–Crippen LogP) is 9.92. The molecule has 4 aliphatic rings. The summed E-state index contributed by atoms with van der Waals surface area (Å²) in [7, 11) is 0. The van der Waals surface area contributed by atoms with Crippen molar-refractivity contribution in [3.63, 3.8) is 0 Å². The molecule has 36 heavy (non-hydrogen) atoms. The molecule has 0 N–H and O–H groups in total. The third-order valence-corrected chi connectivity index (χ3v) is 10.8. The van der Waals surface area contributed by atoms with E-state index in [9.17, 15) is 10.5 Å². The molecule has 0 aromatic heterocycles. The molecule has 0 radical (unpaired) electrons. The zero-order valence-electron chi connectivity index (χ0n) is 23.3. The number of hydrogen-bond acceptors (Lipinski definition) is 2. The van der Waals surface area contributed by atoms with Crippen molar-refractivity contribution in [3.05, 3.63) is 34.4 Å². The average molecular weight is 487 g/mol. The molecule has 2 bridgehead atoms. The van der Waals surface area contributed by atoms with Crippen molar-refractivity contribution in [2.75, 3.05) is 0 Å². The third-order valence-electron chi connectivity index (χ3n) is 10.8. The van der Waals surface area contributed by atoms with Crippen molar-refractivity contribution in [2.45, 2.75) is 148 Å². The van der Waals surface area contributed by atoms with E-state index < -0.39 is 0 Å². The lowest BCUT2D eigenvalue weighted by molar-refractivity contribution is 0.0304. The van der Waals surface area contributed by atoms with Gasteiger partial charge in [-0.3, -0.25) is 0 Å². The van der Waals surface area contributed by atoms with Crippen LogP contribution in [0.3, 0.4) is 0 Å². The van der Waals surface area contributed by atoms with Gasteiger partial charge in [-0.1, -0.05) is 96.6 Å². The van der Waals surface area contributed by atoms with E-state index in [-0.39, 0.29) is 5.41 Å². The van der Waals surface area contributed by atoms with Crippen LogP contribution in [0.4, 0.5) is 0 Å². The second-order valence-corrected chi connectivity index (χ2v) is 12.9. The van der Waals surface area contributed by atoms with Crippen LogP contribution in [0, 0.1) is 39.9 Å². The van der Waals surface area contributed by atoms with E-state index in [1.54, 1.807) is 0 Å². The van der Waals surface area contributed by atoms with Crippen molar-refractivity contribution in [3.8, 4) is 12.1 Å². The standard InChI is InChI=1S/C34H50N2/c1-3-5-7-9-27-10-12-28(13-11-27)14-15-29-16-17-32(31(26-36)30(29)25-35)34-22-19-33(20-23-34,21-24-34)18-8-6-4-2/h16-17,27-28H,3-15,18-24H2,1-2H3. The molecular formula is C34H50N2. The van der Waals surface area contributed by atoms with Crippen LogP contribution < -0.4 is 0 Å². The van der Waals surface area contributed by atoms with Crippen LogP contribution in [-0.4, -0.2) is 0 Å². The first-order valence-electron chi connectivity index (χ1n) is 15.6. The van der Waals surface area contributed by atoms with Gasteiger partial charge in [0, 0.05) is 0 Å². The third kappa shape index (κ3) is 6.01. The maximum atomic E-state index is 10.2. The minimum absolute atomic E-state index is 0.137. The van der Waals surface area contributed by atoms with Crippen molar-refractivity contribution in [1.82, 2.24) is 0 Å². The fourth-order valence-corrected chi connectivity index (χ4v) is 8.18. The van der Waals surface area contributed by atoms with E-state index in [1.165, 1.54) is 128 Å². The van der Waals surface area contributed by atoms with E-state index in [0.717, 1.165) is 29.4 Å². The molecule has 2 nitrogen and oxygen atoms in total. The molecule has 0 aliphatic heterocycles. The van der Waals surface area contributed by atoms with E-state index in [2.05, 4.69) is 38.1 Å². The molecule has 0 saturated heterocycles. The van der Waals surface area contributed by atoms with E-state index in [1.807, 2.05) is 0 Å². The number of nitrogens with zero attached hydrogens (tertiary/aromatic N) is 2. The smallest absolute Gasteiger partial charge is 0.101 e. The summed E-state index contributed by atoms with van der Waals surface area (Å²) in [6, 6.07) is 9.52. The van der Waals surface area contributed by atoms with Crippen LogP contribution in [0.2, 0.25) is 0 Å². The molecule has 5 rings (SSSR count). The van der Waals surface area contributed by atoms with Crippen LogP contribution in [-0.2, 0) is 11.8 Å². The van der Waals surface area contributed by atoms with Gasteiger partial charge in [-0.15, -0.1) is 0 Å². The van der Waals surface area contributed by atoms with Gasteiger partial charge in [0.25, 0.3) is 0 Å². The number of fused-ring (bicyclic) bond motifs is 3. The quantitative estimate of drug-likeness (QED) is 0.276. The topological polar surface area (TPSA) is 47.6 Å². The molecule has 1 aromatic carbocycles. The van der Waals surface area contributed by atoms with Gasteiger partial charge in [0.1, 0.15) is 12.1 Å². The van der Waals surface area contributed by atoms with E-state index in [4.69, 9.17) is 0 Å². The minimum Gasteiger partial charge on any atom is -0.192 e. The van der Waals surface area contributed by atoms with Gasteiger partial charge in [-0.25, -0.2) is 0 Å². The minimum atomic E-state index is 0.137. The van der Waals surface area contributed by atoms with Crippen molar-refractivity contribution >= 4 is 0 Å². The van der Waals surface area contributed by atoms with Gasteiger partial charge in [-0.05, 0) is 91.6 Å². The van der Waals surface area contributed by atoms with Crippen molar-refractivity contribution < 1.29 is 0 Å². The molecule has 0 spiro atoms. The first-order chi connectivity index (χ1) is 17.6. The average Bonchev–Trinajstić information content (AvgIpc) is 2.93. The Morgan fingerprint density at radius 1 is 0.722 bits per heavy atom. The van der Waals surface area contributed by atoms with Gasteiger partial charge < -0.3 is 0 Å². The fourth-order valence-electron chi connectivity index (χ4n) is 8.18. The summed E-state index contributed by atoms with van der Waals surface area (Å²) in [6.45, 7) is 4.59. The zero-order valence-corrected chi connectivity index (χ0v) is 23.3. The Bertz CT molecular complexity index is 913. The SMILES string of the molecule is CCCCCC1CCC(CCc2ccc(C34CCC(CCCCC)(CC3)CC4)c(C#N)c2C#N)CC1. The van der Waals surface area contributed by atoms with Crippen LogP contribution >= 0.6 is 0 Å². The van der Waals surface area contributed by atoms with Gasteiger partial charge in [-0.2, -0.15) is 10.5 Å². The Balaban J connectivity index is 1.39. The Morgan fingerprint density at radius 2 is 1.31 bits per heavy atom. The van der Waals surface area contributed by atoms with Crippen LogP contribution in [0.5, 0.6) is 0 Å². The molecule has 0 unspecified atom stereocenters. The molecule has 0 amide bonds. The number of rotatable bonds is 12. The van der Waals surface area contributed by atoms with Gasteiger partial charge in [0.2, 0.25) is 0 Å². The van der Waals surface area contributed by atoms with Crippen molar-refractivity contribution in [1.29, 1.82) is 10.5 Å². The van der Waals surface area contributed by atoms with Crippen LogP contribution in [0.1, 0.15) is 158 Å². The second-order valence-electron chi connectivity index (χ2n) is 12.9.